The van der Waals surface area contributed by atoms with Crippen molar-refractivity contribution in [2.24, 2.45) is 5.92 Å². The van der Waals surface area contributed by atoms with Gasteiger partial charge in [-0.3, -0.25) is 0 Å². The molecule has 0 aromatic rings. The minimum Gasteiger partial charge on any atom is -0.375 e. The predicted octanol–water partition coefficient (Wildman–Crippen LogP) is 2.35. The Hall–Kier alpha value is -0.120. The quantitative estimate of drug-likeness (QED) is 0.742. The maximum absolute atomic E-state index is 6.04. The van der Waals surface area contributed by atoms with E-state index in [2.05, 4.69) is 19.2 Å². The summed E-state index contributed by atoms with van der Waals surface area (Å²) in [5.74, 6) is 0.815. The smallest absolute Gasteiger partial charge is 0.0990 e. The number of hydrogen-bond acceptors (Lipinski definition) is 3. The molecule has 2 fully saturated rings. The average molecular weight is 241 g/mol. The van der Waals surface area contributed by atoms with E-state index in [1.807, 2.05) is 0 Å². The van der Waals surface area contributed by atoms with Crippen molar-refractivity contribution in [3.63, 3.8) is 0 Å². The van der Waals surface area contributed by atoms with E-state index >= 15 is 0 Å². The second-order valence-electron chi connectivity index (χ2n) is 5.34. The zero-order valence-electron chi connectivity index (χ0n) is 11.3. The largest absolute Gasteiger partial charge is 0.375 e. The van der Waals surface area contributed by atoms with Gasteiger partial charge in [0.15, 0.2) is 0 Å². The molecule has 0 aromatic carbocycles. The summed E-state index contributed by atoms with van der Waals surface area (Å²) in [6.07, 6.45) is 7.25. The molecule has 2 saturated carbocycles. The Kier molecular flexibility index (Phi) is 5.26. The Balaban J connectivity index is 1.69. The van der Waals surface area contributed by atoms with Crippen LogP contribution in [-0.4, -0.2) is 38.0 Å². The molecule has 0 radical (unpaired) electrons. The number of likely N-dealkylation sites (N-methyl/N-ethyl adjacent to an activating group) is 1. The fraction of sp³-hybridized carbons (Fsp3) is 1.00. The summed E-state index contributed by atoms with van der Waals surface area (Å²) in [6.45, 7) is 6.97. The zero-order chi connectivity index (χ0) is 12.1. The van der Waals surface area contributed by atoms with E-state index in [9.17, 15) is 0 Å². The first-order valence-electron chi connectivity index (χ1n) is 7.31. The first kappa shape index (κ1) is 13.3. The fourth-order valence-electron chi connectivity index (χ4n) is 3.06. The molecule has 0 aliphatic heterocycles. The summed E-state index contributed by atoms with van der Waals surface area (Å²) in [5.41, 5.74) is 0. The van der Waals surface area contributed by atoms with Gasteiger partial charge in [-0.15, -0.1) is 0 Å². The van der Waals surface area contributed by atoms with Gasteiger partial charge in [-0.1, -0.05) is 19.8 Å². The van der Waals surface area contributed by atoms with E-state index in [0.717, 1.165) is 32.1 Å². The van der Waals surface area contributed by atoms with Crippen LogP contribution < -0.4 is 5.32 Å². The Morgan fingerprint density at radius 2 is 1.88 bits per heavy atom. The minimum absolute atomic E-state index is 0.279. The molecule has 17 heavy (non-hydrogen) atoms. The van der Waals surface area contributed by atoms with Gasteiger partial charge in [0, 0.05) is 19.3 Å². The number of rotatable bonds is 7. The van der Waals surface area contributed by atoms with Crippen LogP contribution in [0.25, 0.3) is 0 Å². The van der Waals surface area contributed by atoms with Crippen molar-refractivity contribution in [3.8, 4) is 0 Å². The van der Waals surface area contributed by atoms with Crippen LogP contribution in [0.1, 0.15) is 46.0 Å². The molecule has 0 aromatic heterocycles. The van der Waals surface area contributed by atoms with Crippen molar-refractivity contribution in [3.05, 3.63) is 0 Å². The third-order valence-corrected chi connectivity index (χ3v) is 4.10. The molecule has 0 amide bonds. The molecule has 0 spiro atoms. The van der Waals surface area contributed by atoms with E-state index < -0.39 is 0 Å². The third kappa shape index (κ3) is 3.43. The lowest BCUT2D eigenvalue weighted by atomic mass is 9.85. The van der Waals surface area contributed by atoms with Crippen LogP contribution in [0, 0.1) is 5.92 Å². The molecule has 3 unspecified atom stereocenters. The lowest BCUT2D eigenvalue weighted by Gasteiger charge is -2.44. The van der Waals surface area contributed by atoms with Gasteiger partial charge in [-0.2, -0.15) is 0 Å². The molecule has 2 aliphatic carbocycles. The first-order valence-corrected chi connectivity index (χ1v) is 7.31. The van der Waals surface area contributed by atoms with Crippen LogP contribution in [0.15, 0.2) is 0 Å². The van der Waals surface area contributed by atoms with Crippen LogP contribution in [0.5, 0.6) is 0 Å². The molecule has 0 bridgehead atoms. The highest BCUT2D eigenvalue weighted by Gasteiger charge is 2.42. The van der Waals surface area contributed by atoms with Crippen LogP contribution in [0.4, 0.5) is 0 Å². The Labute approximate surface area is 105 Å². The van der Waals surface area contributed by atoms with Crippen molar-refractivity contribution in [2.45, 2.75) is 64.2 Å². The van der Waals surface area contributed by atoms with Crippen LogP contribution >= 0.6 is 0 Å². The average Bonchev–Trinajstić information content (AvgIpc) is 2.83. The highest BCUT2D eigenvalue weighted by atomic mass is 16.5. The van der Waals surface area contributed by atoms with Gasteiger partial charge in [0.2, 0.25) is 0 Å². The fourth-order valence-corrected chi connectivity index (χ4v) is 3.06. The summed E-state index contributed by atoms with van der Waals surface area (Å²) in [7, 11) is 0. The van der Waals surface area contributed by atoms with Gasteiger partial charge in [0.25, 0.3) is 0 Å². The van der Waals surface area contributed by atoms with Crippen molar-refractivity contribution in [1.29, 1.82) is 0 Å². The van der Waals surface area contributed by atoms with Gasteiger partial charge in [0.1, 0.15) is 0 Å². The number of nitrogens with one attached hydrogen (secondary N) is 1. The second-order valence-corrected chi connectivity index (χ2v) is 5.34. The standard InChI is InChI=1S/C14H27NO2/c1-3-15-12-9-13(14(12)16-4-2)17-10-11-7-5-6-8-11/h11-15H,3-10H2,1-2H3. The van der Waals surface area contributed by atoms with E-state index in [-0.39, 0.29) is 6.10 Å². The van der Waals surface area contributed by atoms with Gasteiger partial charge >= 0.3 is 0 Å². The normalized spacial score (nSPS) is 33.9. The van der Waals surface area contributed by atoms with Gasteiger partial charge in [-0.05, 0) is 38.6 Å². The highest BCUT2D eigenvalue weighted by molar-refractivity contribution is 4.97. The van der Waals surface area contributed by atoms with E-state index in [0.29, 0.717) is 12.1 Å². The lowest BCUT2D eigenvalue weighted by Crippen LogP contribution is -2.60. The van der Waals surface area contributed by atoms with Crippen molar-refractivity contribution in [1.82, 2.24) is 5.32 Å². The Morgan fingerprint density at radius 1 is 1.12 bits per heavy atom. The summed E-state index contributed by atoms with van der Waals surface area (Å²) < 4.78 is 11.8. The van der Waals surface area contributed by atoms with Crippen molar-refractivity contribution < 1.29 is 9.47 Å². The molecule has 3 nitrogen and oxygen atoms in total. The van der Waals surface area contributed by atoms with Crippen molar-refractivity contribution >= 4 is 0 Å². The molecule has 2 aliphatic rings. The SMILES string of the molecule is CCNC1CC(OCC2CCCC2)C1OCC. The minimum atomic E-state index is 0.279. The zero-order valence-corrected chi connectivity index (χ0v) is 11.3. The molecule has 0 saturated heterocycles. The molecule has 3 heteroatoms. The van der Waals surface area contributed by atoms with Gasteiger partial charge < -0.3 is 14.8 Å². The van der Waals surface area contributed by atoms with E-state index in [1.165, 1.54) is 25.7 Å². The third-order valence-electron chi connectivity index (χ3n) is 4.10. The summed E-state index contributed by atoms with van der Waals surface area (Å²) in [6, 6.07) is 0.508. The number of ether oxygens (including phenoxy) is 2. The lowest BCUT2D eigenvalue weighted by molar-refractivity contribution is -0.149. The molecule has 100 valence electrons. The highest BCUT2D eigenvalue weighted by Crippen LogP contribution is 2.30. The molecule has 1 N–H and O–H groups in total. The van der Waals surface area contributed by atoms with Crippen LogP contribution in [-0.2, 0) is 9.47 Å². The second kappa shape index (κ2) is 6.72. The molecule has 3 atom stereocenters. The topological polar surface area (TPSA) is 30.5 Å². The monoisotopic (exact) mass is 241 g/mol. The van der Waals surface area contributed by atoms with Gasteiger partial charge in [0.05, 0.1) is 12.2 Å². The van der Waals surface area contributed by atoms with E-state index in [4.69, 9.17) is 9.47 Å². The van der Waals surface area contributed by atoms with E-state index in [1.54, 1.807) is 0 Å². The van der Waals surface area contributed by atoms with Crippen LogP contribution in [0.2, 0.25) is 0 Å². The Morgan fingerprint density at radius 3 is 2.53 bits per heavy atom. The molecule has 2 rings (SSSR count). The maximum atomic E-state index is 6.04. The molecular formula is C14H27NO2. The maximum Gasteiger partial charge on any atom is 0.0990 e. The summed E-state index contributed by atoms with van der Waals surface area (Å²) in [5, 5.41) is 3.47. The van der Waals surface area contributed by atoms with Gasteiger partial charge in [-0.25, -0.2) is 0 Å². The van der Waals surface area contributed by atoms with Crippen LogP contribution in [0.3, 0.4) is 0 Å². The first-order chi connectivity index (χ1) is 8.35. The molecule has 0 heterocycles. The molecular weight excluding hydrogens is 214 g/mol. The predicted molar refractivity (Wildman–Crippen MR) is 69.2 cm³/mol. The number of hydrogen-bond donors (Lipinski definition) is 1. The summed E-state index contributed by atoms with van der Waals surface area (Å²) >= 11 is 0. The summed E-state index contributed by atoms with van der Waals surface area (Å²) in [4.78, 5) is 0. The Bertz CT molecular complexity index is 216. The van der Waals surface area contributed by atoms with Crippen molar-refractivity contribution in [2.75, 3.05) is 19.8 Å².